The van der Waals surface area contributed by atoms with E-state index < -0.39 is 6.55 Å². The molecular formula is C13H13F2N. The molecule has 0 radical (unpaired) electrons. The summed E-state index contributed by atoms with van der Waals surface area (Å²) in [5.41, 5.74) is 1.75. The van der Waals surface area contributed by atoms with Crippen LogP contribution in [0.3, 0.4) is 0 Å². The van der Waals surface area contributed by atoms with Gasteiger partial charge in [-0.1, -0.05) is 30.4 Å². The maximum atomic E-state index is 13.1. The molecule has 3 heteroatoms. The molecular weight excluding hydrogens is 208 g/mol. The van der Waals surface area contributed by atoms with E-state index in [0.717, 1.165) is 18.4 Å². The lowest BCUT2D eigenvalue weighted by Gasteiger charge is -2.30. The molecule has 1 heterocycles. The SMILES string of the molecule is FC(F)N1c2ccccc2C2C=CCCC21. The Morgan fingerprint density at radius 1 is 1.25 bits per heavy atom. The van der Waals surface area contributed by atoms with E-state index in [1.54, 1.807) is 6.07 Å². The van der Waals surface area contributed by atoms with Gasteiger partial charge >= 0.3 is 6.55 Å². The number of anilines is 1. The van der Waals surface area contributed by atoms with E-state index in [4.69, 9.17) is 0 Å². The molecule has 1 aliphatic heterocycles. The first-order chi connectivity index (χ1) is 7.79. The highest BCUT2D eigenvalue weighted by molar-refractivity contribution is 5.63. The predicted molar refractivity (Wildman–Crippen MR) is 59.8 cm³/mol. The van der Waals surface area contributed by atoms with Crippen LogP contribution in [0.25, 0.3) is 0 Å². The number of halogens is 2. The van der Waals surface area contributed by atoms with Crippen LogP contribution in [0.2, 0.25) is 0 Å². The van der Waals surface area contributed by atoms with Crippen LogP contribution in [0.1, 0.15) is 24.3 Å². The summed E-state index contributed by atoms with van der Waals surface area (Å²) in [5, 5.41) is 0. The number of benzene rings is 1. The third-order valence-corrected chi connectivity index (χ3v) is 3.53. The van der Waals surface area contributed by atoms with E-state index in [0.29, 0.717) is 5.69 Å². The molecule has 1 aromatic carbocycles. The zero-order chi connectivity index (χ0) is 11.1. The van der Waals surface area contributed by atoms with Crippen molar-refractivity contribution >= 4 is 5.69 Å². The molecule has 0 saturated carbocycles. The molecule has 0 amide bonds. The number of alkyl halides is 2. The number of hydrogen-bond acceptors (Lipinski definition) is 1. The third kappa shape index (κ3) is 1.27. The molecule has 0 N–H and O–H groups in total. The van der Waals surface area contributed by atoms with E-state index in [2.05, 4.69) is 12.2 Å². The highest BCUT2D eigenvalue weighted by Gasteiger charge is 2.41. The van der Waals surface area contributed by atoms with Crippen molar-refractivity contribution in [1.82, 2.24) is 0 Å². The molecule has 16 heavy (non-hydrogen) atoms. The fourth-order valence-corrected chi connectivity index (χ4v) is 2.87. The Morgan fingerprint density at radius 3 is 2.88 bits per heavy atom. The van der Waals surface area contributed by atoms with Gasteiger partial charge in [0, 0.05) is 17.6 Å². The molecule has 2 atom stereocenters. The lowest BCUT2D eigenvalue weighted by atomic mass is 9.88. The number of allylic oxidation sites excluding steroid dienone is 1. The fraction of sp³-hybridized carbons (Fsp3) is 0.385. The Bertz CT molecular complexity index is 428. The number of fused-ring (bicyclic) bond motifs is 3. The molecule has 0 spiro atoms. The number of rotatable bonds is 1. The quantitative estimate of drug-likeness (QED) is 0.518. The third-order valence-electron chi connectivity index (χ3n) is 3.53. The molecule has 0 aromatic heterocycles. The molecule has 0 bridgehead atoms. The van der Waals surface area contributed by atoms with Crippen molar-refractivity contribution in [3.63, 3.8) is 0 Å². The maximum Gasteiger partial charge on any atom is 0.315 e. The summed E-state index contributed by atoms with van der Waals surface area (Å²) in [7, 11) is 0. The molecule has 1 aliphatic carbocycles. The Morgan fingerprint density at radius 2 is 2.06 bits per heavy atom. The van der Waals surface area contributed by atoms with Crippen LogP contribution in [-0.2, 0) is 0 Å². The Balaban J connectivity index is 2.11. The Labute approximate surface area is 93.4 Å². The molecule has 1 aromatic rings. The van der Waals surface area contributed by atoms with Crippen LogP contribution in [0.15, 0.2) is 36.4 Å². The summed E-state index contributed by atoms with van der Waals surface area (Å²) in [6, 6.07) is 7.46. The van der Waals surface area contributed by atoms with Gasteiger partial charge in [-0.2, -0.15) is 8.78 Å². The van der Waals surface area contributed by atoms with Crippen molar-refractivity contribution in [2.45, 2.75) is 31.4 Å². The summed E-state index contributed by atoms with van der Waals surface area (Å²) >= 11 is 0. The van der Waals surface area contributed by atoms with Gasteiger partial charge < -0.3 is 4.90 Å². The second kappa shape index (κ2) is 3.58. The number of hydrogen-bond donors (Lipinski definition) is 0. The standard InChI is InChI=1S/C13H13F2N/c14-13(15)16-11-7-3-1-5-9(11)10-6-2-4-8-12(10)16/h1-3,5-7,10,12-13H,4,8H2. The average Bonchev–Trinajstić information content (AvgIpc) is 2.63. The smallest absolute Gasteiger partial charge is 0.312 e. The summed E-state index contributed by atoms with van der Waals surface area (Å²) in [6.45, 7) is -2.40. The van der Waals surface area contributed by atoms with Crippen molar-refractivity contribution in [2.24, 2.45) is 0 Å². The van der Waals surface area contributed by atoms with Gasteiger partial charge in [-0.25, -0.2) is 0 Å². The second-order valence-corrected chi connectivity index (χ2v) is 4.34. The van der Waals surface area contributed by atoms with Crippen LogP contribution >= 0.6 is 0 Å². The number of para-hydroxylation sites is 1. The first kappa shape index (κ1) is 9.82. The van der Waals surface area contributed by atoms with Crippen molar-refractivity contribution in [3.8, 4) is 0 Å². The van der Waals surface area contributed by atoms with Crippen molar-refractivity contribution in [2.75, 3.05) is 4.90 Å². The summed E-state index contributed by atoms with van der Waals surface area (Å²) < 4.78 is 26.2. The van der Waals surface area contributed by atoms with Gasteiger partial charge in [-0.15, -0.1) is 0 Å². The van der Waals surface area contributed by atoms with Crippen LogP contribution in [0, 0.1) is 0 Å². The summed E-state index contributed by atoms with van der Waals surface area (Å²) in [5.74, 6) is 0.152. The normalized spacial score (nSPS) is 27.1. The highest BCUT2D eigenvalue weighted by Crippen LogP contribution is 2.46. The lowest BCUT2D eigenvalue weighted by Crippen LogP contribution is -2.38. The van der Waals surface area contributed by atoms with E-state index >= 15 is 0 Å². The second-order valence-electron chi connectivity index (χ2n) is 4.34. The topological polar surface area (TPSA) is 3.24 Å². The lowest BCUT2D eigenvalue weighted by molar-refractivity contribution is 0.130. The molecule has 3 rings (SSSR count). The van der Waals surface area contributed by atoms with E-state index in [1.165, 1.54) is 4.90 Å². The van der Waals surface area contributed by atoms with Crippen LogP contribution in [0.4, 0.5) is 14.5 Å². The maximum absolute atomic E-state index is 13.1. The molecule has 0 fully saturated rings. The minimum atomic E-state index is -2.40. The van der Waals surface area contributed by atoms with Crippen LogP contribution in [0.5, 0.6) is 0 Å². The molecule has 1 nitrogen and oxygen atoms in total. The zero-order valence-electron chi connectivity index (χ0n) is 8.81. The van der Waals surface area contributed by atoms with E-state index in [1.807, 2.05) is 18.2 Å². The predicted octanol–water partition coefficient (Wildman–Crippen LogP) is 3.53. The van der Waals surface area contributed by atoms with Crippen molar-refractivity contribution in [1.29, 1.82) is 0 Å². The zero-order valence-corrected chi connectivity index (χ0v) is 8.81. The van der Waals surface area contributed by atoms with E-state index in [9.17, 15) is 8.78 Å². The first-order valence-corrected chi connectivity index (χ1v) is 5.61. The van der Waals surface area contributed by atoms with Crippen molar-refractivity contribution in [3.05, 3.63) is 42.0 Å². The van der Waals surface area contributed by atoms with Gasteiger partial charge in [0.2, 0.25) is 0 Å². The van der Waals surface area contributed by atoms with E-state index in [-0.39, 0.29) is 12.0 Å². The minimum Gasteiger partial charge on any atom is -0.312 e. The first-order valence-electron chi connectivity index (χ1n) is 5.61. The van der Waals surface area contributed by atoms with Gasteiger partial charge in [0.05, 0.1) is 0 Å². The molecule has 2 aliphatic rings. The highest BCUT2D eigenvalue weighted by atomic mass is 19.3. The van der Waals surface area contributed by atoms with Gasteiger partial charge in [-0.3, -0.25) is 0 Å². The summed E-state index contributed by atoms with van der Waals surface area (Å²) in [4.78, 5) is 1.28. The van der Waals surface area contributed by atoms with Gasteiger partial charge in [-0.05, 0) is 24.5 Å². The van der Waals surface area contributed by atoms with Crippen molar-refractivity contribution < 1.29 is 8.78 Å². The Kier molecular flexibility index (Phi) is 2.20. The van der Waals surface area contributed by atoms with Gasteiger partial charge in [0.15, 0.2) is 0 Å². The van der Waals surface area contributed by atoms with Gasteiger partial charge in [0.1, 0.15) is 0 Å². The largest absolute Gasteiger partial charge is 0.315 e. The minimum absolute atomic E-state index is 0.0533. The average molecular weight is 221 g/mol. The molecule has 84 valence electrons. The fourth-order valence-electron chi connectivity index (χ4n) is 2.87. The van der Waals surface area contributed by atoms with Crippen LogP contribution < -0.4 is 4.90 Å². The summed E-state index contributed by atoms with van der Waals surface area (Å²) in [6.07, 6.45) is 5.90. The molecule has 2 unspecified atom stereocenters. The monoisotopic (exact) mass is 221 g/mol. The molecule has 0 saturated heterocycles. The van der Waals surface area contributed by atoms with Gasteiger partial charge in [0.25, 0.3) is 0 Å². The Hall–Kier alpha value is -1.38. The van der Waals surface area contributed by atoms with Crippen LogP contribution in [-0.4, -0.2) is 12.6 Å². The number of nitrogens with zero attached hydrogens (tertiary/aromatic N) is 1.